The van der Waals surface area contributed by atoms with Crippen LogP contribution >= 0.6 is 0 Å². The molecule has 4 rings (SSSR count). The summed E-state index contributed by atoms with van der Waals surface area (Å²) in [5.41, 5.74) is 4.98. The van der Waals surface area contributed by atoms with E-state index in [2.05, 4.69) is 67.6 Å². The number of benzene rings is 1. The Labute approximate surface area is 171 Å². The van der Waals surface area contributed by atoms with Gasteiger partial charge in [-0.25, -0.2) is 0 Å². The second-order valence-electron chi connectivity index (χ2n) is 6.82. The smallest absolute Gasteiger partial charge is 1.00 e. The Balaban J connectivity index is 0.00000113. The van der Waals surface area contributed by atoms with Crippen molar-refractivity contribution in [2.75, 3.05) is 0 Å². The molecule has 0 spiro atoms. The molecule has 0 bridgehead atoms. The summed E-state index contributed by atoms with van der Waals surface area (Å²) in [7, 11) is 0. The van der Waals surface area contributed by atoms with E-state index >= 15 is 0 Å². The fraction of sp³-hybridized carbons (Fsp3) is 0.318. The van der Waals surface area contributed by atoms with Gasteiger partial charge in [0.2, 0.25) is 0 Å². The Kier molecular flexibility index (Phi) is 7.87. The zero-order valence-electron chi connectivity index (χ0n) is 14.6. The largest absolute Gasteiger partial charge is 1.00 e. The minimum Gasteiger partial charge on any atom is -1.00 e. The van der Waals surface area contributed by atoms with E-state index in [1.165, 1.54) is 37.7 Å². The van der Waals surface area contributed by atoms with E-state index in [1.807, 2.05) is 5.57 Å². The maximum absolute atomic E-state index is 2.58. The Hall–Kier alpha value is -0.487. The van der Waals surface area contributed by atoms with Crippen molar-refractivity contribution < 1.29 is 46.1 Å². The molecule has 3 aliphatic rings. The van der Waals surface area contributed by atoms with E-state index in [4.69, 9.17) is 0 Å². The van der Waals surface area contributed by atoms with E-state index in [0.29, 0.717) is 0 Å². The van der Waals surface area contributed by atoms with Crippen LogP contribution in [0, 0.1) is 0 Å². The van der Waals surface area contributed by atoms with Crippen LogP contribution in [0.2, 0.25) is 3.63 Å². The number of hydrogen-bond acceptors (Lipinski definition) is 0. The minimum atomic E-state index is -1.89. The number of allylic oxidation sites excluding steroid dienone is 8. The third-order valence-electron chi connectivity index (χ3n) is 5.46. The van der Waals surface area contributed by atoms with Crippen LogP contribution in [0.25, 0.3) is 0 Å². The van der Waals surface area contributed by atoms with Gasteiger partial charge >= 0.3 is 148 Å². The van der Waals surface area contributed by atoms with Gasteiger partial charge in [0.1, 0.15) is 0 Å². The second-order valence-corrected chi connectivity index (χ2v) is 13.8. The molecule has 0 aliphatic heterocycles. The maximum Gasteiger partial charge on any atom is -1.00 e. The topological polar surface area (TPSA) is 0 Å². The van der Waals surface area contributed by atoms with Gasteiger partial charge in [0.05, 0.1) is 0 Å². The predicted octanol–water partition coefficient (Wildman–Crippen LogP) is -0.0741. The second kappa shape index (κ2) is 9.45. The first-order chi connectivity index (χ1) is 11.3. The zero-order valence-corrected chi connectivity index (χ0v) is 18.6. The zero-order chi connectivity index (χ0) is 15.6. The summed E-state index contributed by atoms with van der Waals surface area (Å²) in [5.74, 6) is 0. The van der Waals surface area contributed by atoms with Gasteiger partial charge in [-0.2, -0.15) is 0 Å². The molecule has 0 saturated heterocycles. The molecule has 1 aromatic rings. The van der Waals surface area contributed by atoms with Crippen LogP contribution in [-0.2, 0) is 21.3 Å². The van der Waals surface area contributed by atoms with Crippen LogP contribution in [0.3, 0.4) is 0 Å². The number of hydrogen-bond donors (Lipinski definition) is 0. The molecule has 0 N–H and O–H groups in total. The number of rotatable bonds is 3. The average Bonchev–Trinajstić information content (AvgIpc) is 3.27. The van der Waals surface area contributed by atoms with Crippen molar-refractivity contribution in [1.82, 2.24) is 0 Å². The molecule has 3 heteroatoms. The summed E-state index contributed by atoms with van der Waals surface area (Å²) in [6, 6.07) is 11.1. The molecule has 3 aliphatic carbocycles. The minimum absolute atomic E-state index is 0. The van der Waals surface area contributed by atoms with Crippen molar-refractivity contribution in [2.24, 2.45) is 0 Å². The summed E-state index contributed by atoms with van der Waals surface area (Å²) in [6.07, 6.45) is 18.8. The van der Waals surface area contributed by atoms with Gasteiger partial charge in [-0.3, -0.25) is 0 Å². The third-order valence-corrected chi connectivity index (χ3v) is 13.6. The van der Waals surface area contributed by atoms with E-state index in [1.54, 1.807) is 12.1 Å². The van der Waals surface area contributed by atoms with Gasteiger partial charge in [0.25, 0.3) is 0 Å². The summed E-state index contributed by atoms with van der Waals surface area (Å²) < 4.78 is 4.28. The quantitative estimate of drug-likeness (QED) is 0.605. The van der Waals surface area contributed by atoms with E-state index in [-0.39, 0.29) is 24.8 Å². The van der Waals surface area contributed by atoms with Gasteiger partial charge < -0.3 is 24.8 Å². The molecule has 1 aromatic carbocycles. The third kappa shape index (κ3) is 4.26. The molecule has 0 aromatic heterocycles. The van der Waals surface area contributed by atoms with Gasteiger partial charge in [-0.05, 0) is 0 Å². The molecule has 25 heavy (non-hydrogen) atoms. The fourth-order valence-electron chi connectivity index (χ4n) is 4.26. The first kappa shape index (κ1) is 20.8. The van der Waals surface area contributed by atoms with Crippen molar-refractivity contribution in [2.45, 2.75) is 42.7 Å². The summed E-state index contributed by atoms with van der Waals surface area (Å²) in [4.78, 5) is 0. The van der Waals surface area contributed by atoms with Crippen LogP contribution in [-0.4, -0.2) is 3.21 Å². The summed E-state index contributed by atoms with van der Waals surface area (Å²) >= 11 is -1.89. The van der Waals surface area contributed by atoms with Crippen LogP contribution in [0.15, 0.2) is 75.1 Å². The molecular formula is C22H24Cl2Zr. The first-order valence-corrected chi connectivity index (χ1v) is 12.7. The molecule has 0 saturated carbocycles. The van der Waals surface area contributed by atoms with Gasteiger partial charge in [-0.1, -0.05) is 0 Å². The summed E-state index contributed by atoms with van der Waals surface area (Å²) in [5, 5.41) is 0. The fourth-order valence-corrected chi connectivity index (χ4v) is 12.6. The van der Waals surface area contributed by atoms with Crippen LogP contribution in [0.4, 0.5) is 0 Å². The van der Waals surface area contributed by atoms with Crippen molar-refractivity contribution in [3.05, 3.63) is 80.7 Å². The SMILES string of the molecule is C/[C](c1ccccc1)=[Zr+2](\[C]1=CC=CC1)[CH]1C=CC2=C1CCCC2.[Cl-].[Cl-]. The van der Waals surface area contributed by atoms with Crippen molar-refractivity contribution >= 4 is 3.21 Å². The molecule has 0 nitrogen and oxygen atoms in total. The maximum atomic E-state index is 2.58. The van der Waals surface area contributed by atoms with Gasteiger partial charge in [-0.15, -0.1) is 0 Å². The average molecular weight is 451 g/mol. The molecule has 0 heterocycles. The predicted molar refractivity (Wildman–Crippen MR) is 96.4 cm³/mol. The van der Waals surface area contributed by atoms with Crippen LogP contribution < -0.4 is 24.8 Å². The Morgan fingerprint density at radius 2 is 1.80 bits per heavy atom. The van der Waals surface area contributed by atoms with Crippen molar-refractivity contribution in [1.29, 1.82) is 0 Å². The molecule has 130 valence electrons. The Morgan fingerprint density at radius 3 is 2.52 bits per heavy atom. The molecular weight excluding hydrogens is 426 g/mol. The van der Waals surface area contributed by atoms with Crippen molar-refractivity contribution in [3.8, 4) is 0 Å². The molecule has 1 atom stereocenters. The van der Waals surface area contributed by atoms with E-state index in [0.717, 1.165) is 3.63 Å². The molecule has 0 fully saturated rings. The molecule has 0 amide bonds. The first-order valence-electron chi connectivity index (χ1n) is 8.87. The Morgan fingerprint density at radius 1 is 1.04 bits per heavy atom. The van der Waals surface area contributed by atoms with E-state index < -0.39 is 21.3 Å². The van der Waals surface area contributed by atoms with E-state index in [9.17, 15) is 0 Å². The normalized spacial score (nSPS) is 21.2. The van der Waals surface area contributed by atoms with Gasteiger partial charge in [0, 0.05) is 0 Å². The standard InChI is InChI=1S/C9H11.C8H8.C5H5.2ClH.Zr/c1-2-5-9-7-3-6-8(9)4-1;1-2-8-6-4-3-5-7-8;1-2-4-5-3-1;;;/h3,6-7H,1-2,4-5H2;3-7H,1H3;1-3H,4H2;2*1H;/q;;;;;+2/p-2. The molecule has 1 unspecified atom stereocenters. The number of halogens is 2. The van der Waals surface area contributed by atoms with Gasteiger partial charge in [0.15, 0.2) is 0 Å². The van der Waals surface area contributed by atoms with Crippen molar-refractivity contribution in [3.63, 3.8) is 0 Å². The monoisotopic (exact) mass is 448 g/mol. The van der Waals surface area contributed by atoms with Crippen LogP contribution in [0.1, 0.15) is 44.6 Å². The molecule has 0 radical (unpaired) electrons. The summed E-state index contributed by atoms with van der Waals surface area (Å²) in [6.45, 7) is 2.43. The van der Waals surface area contributed by atoms with Crippen LogP contribution in [0.5, 0.6) is 0 Å². The Bertz CT molecular complexity index is 766.